The number of carbonyl (C=O) groups excluding carboxylic acids is 1. The lowest BCUT2D eigenvalue weighted by atomic mass is 10.0. The van der Waals surface area contributed by atoms with Crippen molar-refractivity contribution in [3.63, 3.8) is 0 Å². The summed E-state index contributed by atoms with van der Waals surface area (Å²) in [5.41, 5.74) is 4.71. The molecular formula is C21H34O2Si. The van der Waals surface area contributed by atoms with Crippen molar-refractivity contribution in [3.8, 4) is 0 Å². The van der Waals surface area contributed by atoms with Crippen molar-refractivity contribution < 1.29 is 9.53 Å². The molecule has 0 aliphatic rings. The smallest absolute Gasteiger partial charge is 0.330 e. The van der Waals surface area contributed by atoms with Crippen molar-refractivity contribution in [2.75, 3.05) is 6.61 Å². The van der Waals surface area contributed by atoms with E-state index in [9.17, 15) is 4.79 Å². The zero-order valence-electron chi connectivity index (χ0n) is 16.4. The number of carbonyl (C=O) groups is 1. The van der Waals surface area contributed by atoms with Gasteiger partial charge in [-0.05, 0) is 35.0 Å². The van der Waals surface area contributed by atoms with E-state index in [0.717, 1.165) is 6.42 Å². The number of ether oxygens (including phenoxy) is 1. The Balaban J connectivity index is 3.27. The Hall–Kier alpha value is -1.35. The lowest BCUT2D eigenvalue weighted by molar-refractivity contribution is -0.137. The number of hydrogen-bond donors (Lipinski definition) is 0. The summed E-state index contributed by atoms with van der Waals surface area (Å²) in [6.45, 7) is 16.3. The molecule has 0 amide bonds. The highest BCUT2D eigenvalue weighted by Gasteiger charge is 2.49. The average molecular weight is 347 g/mol. The Morgan fingerprint density at radius 1 is 1.12 bits per heavy atom. The molecule has 0 aromatic heterocycles. The van der Waals surface area contributed by atoms with Crippen LogP contribution in [-0.4, -0.2) is 20.7 Å². The van der Waals surface area contributed by atoms with Crippen LogP contribution in [0.2, 0.25) is 16.1 Å². The van der Waals surface area contributed by atoms with Crippen LogP contribution in [0.15, 0.2) is 42.1 Å². The number of esters is 1. The Morgan fingerprint density at radius 3 is 2.12 bits per heavy atom. The highest BCUT2D eigenvalue weighted by atomic mass is 28.3. The molecule has 3 heteroatoms. The van der Waals surface area contributed by atoms with Crippen LogP contribution in [0.1, 0.15) is 54.0 Å². The van der Waals surface area contributed by atoms with Gasteiger partial charge in [0.25, 0.3) is 0 Å². The van der Waals surface area contributed by atoms with Crippen LogP contribution >= 0.6 is 0 Å². The molecule has 0 aliphatic carbocycles. The summed E-state index contributed by atoms with van der Waals surface area (Å²) in [6, 6.07) is 10.7. The summed E-state index contributed by atoms with van der Waals surface area (Å²) in [6.07, 6.45) is 2.73. The molecule has 0 N–H and O–H groups in total. The van der Waals surface area contributed by atoms with Gasteiger partial charge < -0.3 is 4.74 Å². The third kappa shape index (κ3) is 4.59. The van der Waals surface area contributed by atoms with E-state index in [1.165, 1.54) is 5.56 Å². The second-order valence-electron chi connectivity index (χ2n) is 7.87. The van der Waals surface area contributed by atoms with Crippen LogP contribution < -0.4 is 0 Å². The minimum absolute atomic E-state index is 0.139. The molecule has 0 bridgehead atoms. The fourth-order valence-corrected chi connectivity index (χ4v) is 11.1. The van der Waals surface area contributed by atoms with Gasteiger partial charge in [0, 0.05) is 6.08 Å². The quantitative estimate of drug-likeness (QED) is 0.331. The summed E-state index contributed by atoms with van der Waals surface area (Å²) in [7, 11) is -1.93. The van der Waals surface area contributed by atoms with Crippen molar-refractivity contribution in [1.29, 1.82) is 0 Å². The second-order valence-corrected chi connectivity index (χ2v) is 13.7. The molecule has 0 saturated carbocycles. The molecule has 0 saturated heterocycles. The Kier molecular flexibility index (Phi) is 7.46. The molecular weight excluding hydrogens is 312 g/mol. The maximum atomic E-state index is 11.9. The Bertz CT molecular complexity index is 536. The fourth-order valence-electron chi connectivity index (χ4n) is 4.50. The first-order valence-corrected chi connectivity index (χ1v) is 11.3. The predicted molar refractivity (Wildman–Crippen MR) is 106 cm³/mol. The van der Waals surface area contributed by atoms with Gasteiger partial charge in [0.1, 0.15) is 0 Å². The van der Waals surface area contributed by atoms with E-state index < -0.39 is 8.07 Å². The van der Waals surface area contributed by atoms with Gasteiger partial charge in [0.05, 0.1) is 14.7 Å². The monoisotopic (exact) mass is 346 g/mol. The number of benzene rings is 1. The number of hydrogen-bond acceptors (Lipinski definition) is 2. The largest absolute Gasteiger partial charge is 0.463 e. The van der Waals surface area contributed by atoms with E-state index in [-0.39, 0.29) is 11.0 Å². The van der Waals surface area contributed by atoms with Gasteiger partial charge in [-0.25, -0.2) is 4.79 Å². The fraction of sp³-hybridized carbons (Fsp3) is 0.571. The lowest BCUT2D eigenvalue weighted by Gasteiger charge is -2.49. The summed E-state index contributed by atoms with van der Waals surface area (Å²) in [5, 5.41) is 0.139. The van der Waals surface area contributed by atoms with E-state index in [0.29, 0.717) is 17.7 Å². The normalized spacial score (nSPS) is 13.0. The first kappa shape index (κ1) is 20.7. The lowest BCUT2D eigenvalue weighted by Crippen LogP contribution is -2.50. The van der Waals surface area contributed by atoms with E-state index in [2.05, 4.69) is 77.6 Å². The van der Waals surface area contributed by atoms with Gasteiger partial charge in [0.2, 0.25) is 0 Å². The third-order valence-electron chi connectivity index (χ3n) is 5.35. The minimum atomic E-state index is -1.93. The molecule has 0 aliphatic heterocycles. The zero-order valence-corrected chi connectivity index (χ0v) is 17.4. The zero-order chi connectivity index (χ0) is 18.4. The van der Waals surface area contributed by atoms with Crippen LogP contribution in [0.5, 0.6) is 0 Å². The summed E-state index contributed by atoms with van der Waals surface area (Å²) in [5.74, 6) is -0.216. The Labute approximate surface area is 149 Å². The molecule has 134 valence electrons. The molecule has 1 aromatic carbocycles. The van der Waals surface area contributed by atoms with E-state index in [1.54, 1.807) is 6.08 Å². The average Bonchev–Trinajstić information content (AvgIpc) is 2.47. The SMILES string of the molecule is CCOC(=O)/C=C\[Si](C(C)C)(C(C)C)C(C)(C)Cc1ccccc1. The van der Waals surface area contributed by atoms with Crippen molar-refractivity contribution in [2.45, 2.75) is 71.0 Å². The molecule has 0 radical (unpaired) electrons. The van der Waals surface area contributed by atoms with Crippen LogP contribution in [-0.2, 0) is 16.0 Å². The van der Waals surface area contributed by atoms with Crippen LogP contribution in [0, 0.1) is 0 Å². The van der Waals surface area contributed by atoms with Gasteiger partial charge in [0.15, 0.2) is 0 Å². The van der Waals surface area contributed by atoms with Crippen LogP contribution in [0.25, 0.3) is 0 Å². The maximum Gasteiger partial charge on any atom is 0.330 e. The van der Waals surface area contributed by atoms with Crippen molar-refractivity contribution >= 4 is 14.0 Å². The third-order valence-corrected chi connectivity index (χ3v) is 12.4. The van der Waals surface area contributed by atoms with Crippen LogP contribution in [0.4, 0.5) is 0 Å². The van der Waals surface area contributed by atoms with Gasteiger partial charge in [-0.2, -0.15) is 0 Å². The van der Waals surface area contributed by atoms with Crippen molar-refractivity contribution in [1.82, 2.24) is 0 Å². The van der Waals surface area contributed by atoms with Gasteiger partial charge in [-0.15, -0.1) is 0 Å². The molecule has 0 fully saturated rings. The molecule has 2 nitrogen and oxygen atoms in total. The summed E-state index contributed by atoms with van der Waals surface area (Å²) >= 11 is 0. The van der Waals surface area contributed by atoms with Gasteiger partial charge in [-0.3, -0.25) is 0 Å². The molecule has 0 unspecified atom stereocenters. The van der Waals surface area contributed by atoms with E-state index in [1.807, 2.05) is 6.92 Å². The first-order chi connectivity index (χ1) is 11.2. The topological polar surface area (TPSA) is 26.3 Å². The molecule has 0 atom stereocenters. The molecule has 1 aromatic rings. The van der Waals surface area contributed by atoms with Crippen molar-refractivity contribution in [2.24, 2.45) is 0 Å². The highest BCUT2D eigenvalue weighted by molar-refractivity contribution is 6.89. The van der Waals surface area contributed by atoms with Gasteiger partial charge >= 0.3 is 5.97 Å². The highest BCUT2D eigenvalue weighted by Crippen LogP contribution is 2.53. The van der Waals surface area contributed by atoms with E-state index >= 15 is 0 Å². The standard InChI is InChI=1S/C21H34O2Si/c1-8-23-20(22)14-15-24(17(2)3,18(4)5)21(6,7)16-19-12-10-9-11-13-19/h9-15,17-18H,8,16H2,1-7H3/b15-14-. The van der Waals surface area contributed by atoms with Crippen LogP contribution in [0.3, 0.4) is 0 Å². The van der Waals surface area contributed by atoms with Gasteiger partial charge in [-0.1, -0.05) is 77.6 Å². The van der Waals surface area contributed by atoms with E-state index in [4.69, 9.17) is 4.74 Å². The molecule has 1 rings (SSSR count). The van der Waals surface area contributed by atoms with Crippen molar-refractivity contribution in [3.05, 3.63) is 47.7 Å². The summed E-state index contributed by atoms with van der Waals surface area (Å²) in [4.78, 5) is 11.9. The first-order valence-electron chi connectivity index (χ1n) is 9.07. The second kappa shape index (κ2) is 8.66. The predicted octanol–water partition coefficient (Wildman–Crippen LogP) is 5.94. The molecule has 0 heterocycles. The molecule has 24 heavy (non-hydrogen) atoms. The summed E-state index contributed by atoms with van der Waals surface area (Å²) < 4.78 is 5.12. The minimum Gasteiger partial charge on any atom is -0.463 e. The number of rotatable bonds is 8. The Morgan fingerprint density at radius 2 is 1.67 bits per heavy atom. The maximum absolute atomic E-state index is 11.9. The molecule has 0 spiro atoms.